The molecule has 0 aliphatic rings. The zero-order chi connectivity index (χ0) is 17.6. The van der Waals surface area contributed by atoms with Crippen LogP contribution in [0.25, 0.3) is 0 Å². The summed E-state index contributed by atoms with van der Waals surface area (Å²) in [6.07, 6.45) is 3.96. The number of amides is 2. The van der Waals surface area contributed by atoms with Crippen molar-refractivity contribution in [3.8, 4) is 5.88 Å². The van der Waals surface area contributed by atoms with E-state index in [4.69, 9.17) is 14.2 Å². The summed E-state index contributed by atoms with van der Waals surface area (Å²) in [5.74, 6) is 0.225. The van der Waals surface area contributed by atoms with Crippen LogP contribution in [0.1, 0.15) is 0 Å². The molecule has 1 rings (SSSR count). The number of aromatic nitrogens is 1. The minimum absolute atomic E-state index is 0.0979. The number of rotatable bonds is 10. The Labute approximate surface area is 154 Å². The second-order valence-electron chi connectivity index (χ2n) is 4.37. The van der Waals surface area contributed by atoms with E-state index in [1.165, 1.54) is 12.2 Å². The minimum Gasteiger partial charge on any atom is -0.474 e. The van der Waals surface area contributed by atoms with Crippen molar-refractivity contribution in [1.82, 2.24) is 15.6 Å². The van der Waals surface area contributed by atoms with Crippen molar-refractivity contribution in [2.24, 2.45) is 0 Å². The van der Waals surface area contributed by atoms with Gasteiger partial charge in [0.05, 0.1) is 6.61 Å². The second-order valence-corrected chi connectivity index (χ2v) is 5.61. The zero-order valence-corrected chi connectivity index (χ0v) is 15.4. The van der Waals surface area contributed by atoms with Crippen LogP contribution in [0.3, 0.4) is 0 Å². The SMILES string of the molecule is COCCNC(=O)/C=C/CNC(=O)OCCOc1ccc(I)cn1. The highest BCUT2D eigenvalue weighted by Gasteiger charge is 2.01. The van der Waals surface area contributed by atoms with Crippen LogP contribution < -0.4 is 15.4 Å². The van der Waals surface area contributed by atoms with E-state index in [-0.39, 0.29) is 25.7 Å². The molecule has 0 atom stereocenters. The molecule has 2 N–H and O–H groups in total. The van der Waals surface area contributed by atoms with Gasteiger partial charge in [0, 0.05) is 42.1 Å². The van der Waals surface area contributed by atoms with Gasteiger partial charge >= 0.3 is 6.09 Å². The lowest BCUT2D eigenvalue weighted by atomic mass is 10.4. The van der Waals surface area contributed by atoms with Crippen LogP contribution in [-0.2, 0) is 14.3 Å². The van der Waals surface area contributed by atoms with E-state index in [0.29, 0.717) is 19.0 Å². The highest BCUT2D eigenvalue weighted by Crippen LogP contribution is 2.08. The highest BCUT2D eigenvalue weighted by atomic mass is 127. The maximum atomic E-state index is 11.4. The molecule has 24 heavy (non-hydrogen) atoms. The molecule has 0 aromatic carbocycles. The molecule has 0 spiro atoms. The molecule has 2 amide bonds. The Kier molecular flexibility index (Phi) is 10.5. The average molecular weight is 449 g/mol. The molecule has 1 heterocycles. The Morgan fingerprint density at radius 3 is 2.79 bits per heavy atom. The highest BCUT2D eigenvalue weighted by molar-refractivity contribution is 14.1. The molecule has 1 aromatic rings. The van der Waals surface area contributed by atoms with Crippen molar-refractivity contribution >= 4 is 34.6 Å². The molecule has 1 aromatic heterocycles. The Morgan fingerprint density at radius 1 is 1.25 bits per heavy atom. The summed E-state index contributed by atoms with van der Waals surface area (Å²) in [5.41, 5.74) is 0. The summed E-state index contributed by atoms with van der Waals surface area (Å²) in [5, 5.41) is 5.10. The smallest absolute Gasteiger partial charge is 0.407 e. The van der Waals surface area contributed by atoms with Crippen molar-refractivity contribution in [2.75, 3.05) is 40.0 Å². The van der Waals surface area contributed by atoms with Crippen molar-refractivity contribution in [2.45, 2.75) is 0 Å². The summed E-state index contributed by atoms with van der Waals surface area (Å²) in [6.45, 7) is 1.38. The van der Waals surface area contributed by atoms with Gasteiger partial charge in [-0.1, -0.05) is 6.08 Å². The quantitative estimate of drug-likeness (QED) is 0.316. The molecule has 0 radical (unpaired) electrons. The van der Waals surface area contributed by atoms with Crippen LogP contribution in [0, 0.1) is 3.57 Å². The standard InChI is InChI=1S/C15H20IN3O5/c1-22-8-7-17-13(20)3-2-6-18-15(21)24-10-9-23-14-5-4-12(16)11-19-14/h2-5,11H,6-10H2,1H3,(H,17,20)(H,18,21)/b3-2+. The van der Waals surface area contributed by atoms with Crippen LogP contribution in [0.5, 0.6) is 5.88 Å². The first kappa shape index (κ1) is 20.2. The fourth-order valence-electron chi connectivity index (χ4n) is 1.42. The molecular weight excluding hydrogens is 429 g/mol. The van der Waals surface area contributed by atoms with Gasteiger partial charge in [0.1, 0.15) is 13.2 Å². The van der Waals surface area contributed by atoms with Gasteiger partial charge in [0.2, 0.25) is 11.8 Å². The average Bonchev–Trinajstić information content (AvgIpc) is 2.57. The van der Waals surface area contributed by atoms with E-state index in [9.17, 15) is 9.59 Å². The maximum absolute atomic E-state index is 11.4. The Hall–Kier alpha value is -1.88. The van der Waals surface area contributed by atoms with E-state index in [2.05, 4.69) is 38.2 Å². The first-order valence-corrected chi connectivity index (χ1v) is 8.28. The zero-order valence-electron chi connectivity index (χ0n) is 13.3. The Bertz CT molecular complexity index is 536. The number of ether oxygens (including phenoxy) is 3. The summed E-state index contributed by atoms with van der Waals surface area (Å²) < 4.78 is 16.1. The molecule has 0 saturated heterocycles. The fraction of sp³-hybridized carbons (Fsp3) is 0.400. The number of nitrogens with one attached hydrogen (secondary N) is 2. The van der Waals surface area contributed by atoms with Crippen LogP contribution in [-0.4, -0.2) is 57.0 Å². The third kappa shape index (κ3) is 10.0. The second kappa shape index (κ2) is 12.5. The lowest BCUT2D eigenvalue weighted by Crippen LogP contribution is -2.27. The van der Waals surface area contributed by atoms with Gasteiger partial charge in [-0.05, 0) is 28.7 Å². The summed E-state index contributed by atoms with van der Waals surface area (Å²) in [4.78, 5) is 26.8. The first-order chi connectivity index (χ1) is 11.6. The van der Waals surface area contributed by atoms with Gasteiger partial charge in [-0.2, -0.15) is 0 Å². The van der Waals surface area contributed by atoms with Gasteiger partial charge in [-0.25, -0.2) is 9.78 Å². The minimum atomic E-state index is -0.585. The van der Waals surface area contributed by atoms with E-state index in [1.807, 2.05) is 6.07 Å². The van der Waals surface area contributed by atoms with Gasteiger partial charge in [0.25, 0.3) is 0 Å². The monoisotopic (exact) mass is 449 g/mol. The topological polar surface area (TPSA) is 98.8 Å². The van der Waals surface area contributed by atoms with Gasteiger partial charge in [0.15, 0.2) is 0 Å². The summed E-state index contributed by atoms with van der Waals surface area (Å²) >= 11 is 2.15. The molecule has 8 nitrogen and oxygen atoms in total. The van der Waals surface area contributed by atoms with E-state index in [1.54, 1.807) is 19.4 Å². The summed E-state index contributed by atoms with van der Waals surface area (Å²) in [6, 6.07) is 3.61. The number of methoxy groups -OCH3 is 1. The van der Waals surface area contributed by atoms with Crippen LogP contribution in [0.2, 0.25) is 0 Å². The predicted molar refractivity (Wildman–Crippen MR) is 95.8 cm³/mol. The third-order valence-corrected chi connectivity index (χ3v) is 3.14. The number of carbonyl (C=O) groups is 2. The van der Waals surface area contributed by atoms with E-state index >= 15 is 0 Å². The first-order valence-electron chi connectivity index (χ1n) is 7.20. The predicted octanol–water partition coefficient (Wildman–Crippen LogP) is 1.11. The Balaban J connectivity index is 2.05. The lowest BCUT2D eigenvalue weighted by molar-refractivity contribution is -0.116. The number of carbonyl (C=O) groups excluding carboxylic acids is 2. The third-order valence-electron chi connectivity index (χ3n) is 2.51. The molecular formula is C15H20IN3O5. The molecule has 0 saturated carbocycles. The normalized spacial score (nSPS) is 10.4. The number of hydrogen-bond donors (Lipinski definition) is 2. The number of hydrogen-bond acceptors (Lipinski definition) is 6. The maximum Gasteiger partial charge on any atom is 0.407 e. The van der Waals surface area contributed by atoms with Crippen LogP contribution >= 0.6 is 22.6 Å². The van der Waals surface area contributed by atoms with Gasteiger partial charge in [-0.3, -0.25) is 4.79 Å². The lowest BCUT2D eigenvalue weighted by Gasteiger charge is -2.07. The number of alkyl carbamates (subject to hydrolysis) is 1. The summed E-state index contributed by atoms with van der Waals surface area (Å²) in [7, 11) is 1.56. The van der Waals surface area contributed by atoms with E-state index in [0.717, 1.165) is 3.57 Å². The number of nitrogens with zero attached hydrogens (tertiary/aromatic N) is 1. The molecule has 132 valence electrons. The number of pyridine rings is 1. The fourth-order valence-corrected chi connectivity index (χ4v) is 1.74. The van der Waals surface area contributed by atoms with Crippen LogP contribution in [0.4, 0.5) is 4.79 Å². The van der Waals surface area contributed by atoms with Crippen molar-refractivity contribution in [3.05, 3.63) is 34.1 Å². The number of halogens is 1. The van der Waals surface area contributed by atoms with Gasteiger partial charge < -0.3 is 24.8 Å². The largest absolute Gasteiger partial charge is 0.474 e. The van der Waals surface area contributed by atoms with E-state index < -0.39 is 6.09 Å². The van der Waals surface area contributed by atoms with Crippen molar-refractivity contribution in [3.63, 3.8) is 0 Å². The van der Waals surface area contributed by atoms with Crippen molar-refractivity contribution in [1.29, 1.82) is 0 Å². The Morgan fingerprint density at radius 2 is 2.08 bits per heavy atom. The molecule has 0 unspecified atom stereocenters. The molecule has 0 aliphatic heterocycles. The van der Waals surface area contributed by atoms with Crippen molar-refractivity contribution < 1.29 is 23.8 Å². The van der Waals surface area contributed by atoms with Gasteiger partial charge in [-0.15, -0.1) is 0 Å². The molecule has 0 aliphatic carbocycles. The molecule has 9 heteroatoms. The van der Waals surface area contributed by atoms with Crippen LogP contribution in [0.15, 0.2) is 30.5 Å². The molecule has 0 fully saturated rings. The molecule has 0 bridgehead atoms.